The Bertz CT molecular complexity index is 864. The molecule has 134 valence electrons. The van der Waals surface area contributed by atoms with Crippen molar-refractivity contribution in [1.29, 1.82) is 0 Å². The molecule has 0 spiro atoms. The van der Waals surface area contributed by atoms with Gasteiger partial charge in [-0.1, -0.05) is 41.7 Å². The first-order valence-corrected chi connectivity index (χ1v) is 9.59. The molecule has 0 unspecified atom stereocenters. The SMILES string of the molecule is CCc1nnsc1C(=O)NCCN1C(=O)S/C(=C\c2ccccc2)C1=O. The third-order valence-corrected chi connectivity index (χ3v) is 5.36. The van der Waals surface area contributed by atoms with Crippen LogP contribution in [0.5, 0.6) is 0 Å². The smallest absolute Gasteiger partial charge is 0.293 e. The molecule has 1 N–H and O–H groups in total. The lowest BCUT2D eigenvalue weighted by Gasteiger charge is -2.12. The number of thioether (sulfide) groups is 1. The number of hydrogen-bond donors (Lipinski definition) is 1. The number of hydrogen-bond acceptors (Lipinski definition) is 7. The molecule has 0 radical (unpaired) electrons. The van der Waals surface area contributed by atoms with Crippen LogP contribution in [0, 0.1) is 0 Å². The van der Waals surface area contributed by atoms with Crippen molar-refractivity contribution < 1.29 is 14.4 Å². The summed E-state index contributed by atoms with van der Waals surface area (Å²) in [5.74, 6) is -0.629. The van der Waals surface area contributed by atoms with E-state index >= 15 is 0 Å². The van der Waals surface area contributed by atoms with Gasteiger partial charge in [-0.2, -0.15) is 0 Å². The van der Waals surface area contributed by atoms with Crippen LogP contribution >= 0.6 is 23.3 Å². The molecule has 2 aromatic rings. The predicted octanol–water partition coefficient (Wildman–Crippen LogP) is 2.57. The van der Waals surface area contributed by atoms with E-state index in [1.165, 1.54) is 0 Å². The first-order chi connectivity index (χ1) is 12.6. The van der Waals surface area contributed by atoms with Crippen LogP contribution in [0.2, 0.25) is 0 Å². The maximum Gasteiger partial charge on any atom is 0.293 e. The number of nitrogens with one attached hydrogen (secondary N) is 1. The van der Waals surface area contributed by atoms with Gasteiger partial charge in [-0.15, -0.1) is 5.10 Å². The van der Waals surface area contributed by atoms with Crippen LogP contribution in [-0.4, -0.2) is 44.6 Å². The molecule has 0 saturated carbocycles. The zero-order chi connectivity index (χ0) is 18.5. The molecule has 2 heterocycles. The number of rotatable bonds is 6. The molecule has 1 aromatic carbocycles. The van der Waals surface area contributed by atoms with Crippen LogP contribution in [0.1, 0.15) is 27.9 Å². The monoisotopic (exact) mass is 388 g/mol. The van der Waals surface area contributed by atoms with Gasteiger partial charge < -0.3 is 5.32 Å². The van der Waals surface area contributed by atoms with Crippen molar-refractivity contribution >= 4 is 46.4 Å². The molecule has 1 aliphatic rings. The average molecular weight is 388 g/mol. The van der Waals surface area contributed by atoms with Gasteiger partial charge >= 0.3 is 0 Å². The van der Waals surface area contributed by atoms with E-state index < -0.39 is 0 Å². The van der Waals surface area contributed by atoms with Crippen LogP contribution in [0.3, 0.4) is 0 Å². The Labute approximate surface area is 158 Å². The van der Waals surface area contributed by atoms with E-state index in [-0.39, 0.29) is 30.1 Å². The topological polar surface area (TPSA) is 92.3 Å². The molecule has 0 atom stereocenters. The van der Waals surface area contributed by atoms with Crippen molar-refractivity contribution in [3.8, 4) is 0 Å². The quantitative estimate of drug-likeness (QED) is 0.765. The second-order valence-electron chi connectivity index (χ2n) is 5.40. The molecule has 0 bridgehead atoms. The number of aromatic nitrogens is 2. The highest BCUT2D eigenvalue weighted by molar-refractivity contribution is 8.18. The zero-order valence-electron chi connectivity index (χ0n) is 14.0. The lowest BCUT2D eigenvalue weighted by Crippen LogP contribution is -2.37. The van der Waals surface area contributed by atoms with Crippen molar-refractivity contribution in [3.05, 3.63) is 51.4 Å². The van der Waals surface area contributed by atoms with Crippen molar-refractivity contribution in [2.75, 3.05) is 13.1 Å². The second-order valence-corrected chi connectivity index (χ2v) is 7.15. The molecule has 9 heteroatoms. The summed E-state index contributed by atoms with van der Waals surface area (Å²) in [6.07, 6.45) is 2.31. The maximum absolute atomic E-state index is 12.4. The minimum absolute atomic E-state index is 0.121. The van der Waals surface area contributed by atoms with E-state index in [4.69, 9.17) is 0 Å². The Hall–Kier alpha value is -2.52. The van der Waals surface area contributed by atoms with E-state index in [2.05, 4.69) is 14.9 Å². The van der Waals surface area contributed by atoms with Crippen LogP contribution < -0.4 is 5.32 Å². The van der Waals surface area contributed by atoms with Gasteiger partial charge in [-0.3, -0.25) is 19.3 Å². The van der Waals surface area contributed by atoms with Gasteiger partial charge in [0, 0.05) is 13.1 Å². The molecule has 3 rings (SSSR count). The summed E-state index contributed by atoms with van der Waals surface area (Å²) in [7, 11) is 0. The molecule has 1 aromatic heterocycles. The highest BCUT2D eigenvalue weighted by Gasteiger charge is 2.34. The van der Waals surface area contributed by atoms with Gasteiger partial charge in [0.2, 0.25) is 0 Å². The lowest BCUT2D eigenvalue weighted by atomic mass is 10.2. The summed E-state index contributed by atoms with van der Waals surface area (Å²) >= 11 is 1.94. The van der Waals surface area contributed by atoms with E-state index in [9.17, 15) is 14.4 Å². The Balaban J connectivity index is 1.58. The number of carbonyl (C=O) groups excluding carboxylic acids is 3. The molecule has 1 fully saturated rings. The molecular weight excluding hydrogens is 372 g/mol. The van der Waals surface area contributed by atoms with E-state index in [1.807, 2.05) is 37.3 Å². The summed E-state index contributed by atoms with van der Waals surface area (Å²) in [6, 6.07) is 9.34. The molecule has 7 nitrogen and oxygen atoms in total. The molecule has 1 saturated heterocycles. The fraction of sp³-hybridized carbons (Fsp3) is 0.235. The van der Waals surface area contributed by atoms with Crippen molar-refractivity contribution in [3.63, 3.8) is 0 Å². The largest absolute Gasteiger partial charge is 0.349 e. The van der Waals surface area contributed by atoms with Crippen LogP contribution in [0.25, 0.3) is 6.08 Å². The minimum atomic E-state index is -0.341. The predicted molar refractivity (Wildman–Crippen MR) is 101 cm³/mol. The van der Waals surface area contributed by atoms with Gasteiger partial charge in [-0.05, 0) is 41.4 Å². The van der Waals surface area contributed by atoms with Crippen LogP contribution in [-0.2, 0) is 11.2 Å². The van der Waals surface area contributed by atoms with Crippen LogP contribution in [0.4, 0.5) is 4.79 Å². The van der Waals surface area contributed by atoms with Crippen molar-refractivity contribution in [1.82, 2.24) is 19.8 Å². The van der Waals surface area contributed by atoms with Gasteiger partial charge in [0.15, 0.2) is 0 Å². The van der Waals surface area contributed by atoms with Crippen molar-refractivity contribution in [2.24, 2.45) is 0 Å². The number of amides is 3. The average Bonchev–Trinajstić information content (AvgIpc) is 3.22. The highest BCUT2D eigenvalue weighted by atomic mass is 32.2. The fourth-order valence-electron chi connectivity index (χ4n) is 2.37. The Morgan fingerprint density at radius 1 is 1.27 bits per heavy atom. The summed E-state index contributed by atoms with van der Waals surface area (Å²) in [5, 5.41) is 6.27. The normalized spacial score (nSPS) is 15.7. The maximum atomic E-state index is 12.4. The molecular formula is C17H16N4O3S2. The summed E-state index contributed by atoms with van der Waals surface area (Å²) in [4.78, 5) is 38.6. The second kappa shape index (κ2) is 8.24. The number of benzene rings is 1. The zero-order valence-corrected chi connectivity index (χ0v) is 15.6. The fourth-order valence-corrected chi connectivity index (χ4v) is 3.90. The van der Waals surface area contributed by atoms with Crippen molar-refractivity contribution in [2.45, 2.75) is 13.3 Å². The first kappa shape index (κ1) is 18.3. The molecule has 26 heavy (non-hydrogen) atoms. The van der Waals surface area contributed by atoms with Gasteiger partial charge in [0.1, 0.15) is 4.88 Å². The van der Waals surface area contributed by atoms with Gasteiger partial charge in [0.25, 0.3) is 17.1 Å². The van der Waals surface area contributed by atoms with Gasteiger partial charge in [0.05, 0.1) is 10.6 Å². The third-order valence-electron chi connectivity index (χ3n) is 3.69. The first-order valence-electron chi connectivity index (χ1n) is 8.00. The Kier molecular flexibility index (Phi) is 5.79. The highest BCUT2D eigenvalue weighted by Crippen LogP contribution is 2.31. The Morgan fingerprint density at radius 3 is 2.77 bits per heavy atom. The number of carbonyl (C=O) groups is 3. The van der Waals surface area contributed by atoms with E-state index in [0.717, 1.165) is 33.8 Å². The molecule has 3 amide bonds. The van der Waals surface area contributed by atoms with E-state index in [0.29, 0.717) is 21.9 Å². The molecule has 0 aliphatic carbocycles. The summed E-state index contributed by atoms with van der Waals surface area (Å²) in [6.45, 7) is 2.19. The van der Waals surface area contributed by atoms with Crippen LogP contribution in [0.15, 0.2) is 35.2 Å². The number of aryl methyl sites for hydroxylation is 1. The van der Waals surface area contributed by atoms with Gasteiger partial charge in [-0.25, -0.2) is 0 Å². The summed E-state index contributed by atoms with van der Waals surface area (Å²) < 4.78 is 3.77. The lowest BCUT2D eigenvalue weighted by molar-refractivity contribution is -0.122. The third kappa shape index (κ3) is 4.00. The minimum Gasteiger partial charge on any atom is -0.349 e. The van der Waals surface area contributed by atoms with E-state index in [1.54, 1.807) is 6.08 Å². The summed E-state index contributed by atoms with van der Waals surface area (Å²) in [5.41, 5.74) is 1.50. The standard InChI is InChI=1S/C17H16N4O3S2/c1-2-12-14(26-20-19-12)15(22)18-8-9-21-16(23)13(25-17(21)24)10-11-6-4-3-5-7-11/h3-7,10H,2,8-9H2,1H3,(H,18,22)/b13-10-. The number of imide groups is 1. The number of nitrogens with zero attached hydrogens (tertiary/aromatic N) is 3. The Morgan fingerprint density at radius 2 is 2.04 bits per heavy atom. The molecule has 1 aliphatic heterocycles.